The molecule has 2 aromatic heterocycles. The summed E-state index contributed by atoms with van der Waals surface area (Å²) in [6, 6.07) is 21.1. The molecule has 1 N–H and O–H groups in total. The van der Waals surface area contributed by atoms with Crippen molar-refractivity contribution in [2.45, 2.75) is 18.9 Å². The highest BCUT2D eigenvalue weighted by molar-refractivity contribution is 6.33. The number of fused-ring (bicyclic) bond motifs is 1. The molecule has 1 aliphatic heterocycles. The van der Waals surface area contributed by atoms with Gasteiger partial charge in [-0.3, -0.25) is 4.79 Å². The third-order valence-electron chi connectivity index (χ3n) is 5.55. The summed E-state index contributed by atoms with van der Waals surface area (Å²) in [7, 11) is 0. The number of carbonyl (C=O) groups excluding carboxylic acids is 1. The number of carbonyl (C=O) groups is 1. The van der Waals surface area contributed by atoms with Crippen LogP contribution in [-0.2, 0) is 0 Å². The lowest BCUT2D eigenvalue weighted by Gasteiger charge is -2.33. The van der Waals surface area contributed by atoms with Crippen molar-refractivity contribution in [2.24, 2.45) is 0 Å². The fraction of sp³-hybridized carbons (Fsp3) is 0.217. The van der Waals surface area contributed by atoms with E-state index in [9.17, 15) is 4.79 Å². The highest BCUT2D eigenvalue weighted by Crippen LogP contribution is 2.22. The molecule has 0 aliphatic carbocycles. The molecule has 0 spiro atoms. The van der Waals surface area contributed by atoms with E-state index in [1.807, 2.05) is 54.6 Å². The number of anilines is 1. The molecule has 31 heavy (non-hydrogen) atoms. The van der Waals surface area contributed by atoms with Crippen molar-refractivity contribution in [3.8, 4) is 11.4 Å². The molecule has 0 unspecified atom stereocenters. The predicted octanol–water partition coefficient (Wildman–Crippen LogP) is 3.84. The monoisotopic (exact) mass is 432 g/mol. The summed E-state index contributed by atoms with van der Waals surface area (Å²) in [4.78, 5) is 14.8. The van der Waals surface area contributed by atoms with E-state index in [-0.39, 0.29) is 11.9 Å². The Morgan fingerprint density at radius 1 is 0.935 bits per heavy atom. The summed E-state index contributed by atoms with van der Waals surface area (Å²) in [6.45, 7) is 1.60. The lowest BCUT2D eigenvalue weighted by Crippen LogP contribution is -2.45. The number of nitrogens with one attached hydrogen (secondary N) is 1. The van der Waals surface area contributed by atoms with Gasteiger partial charge in [0.2, 0.25) is 0 Å². The zero-order valence-electron chi connectivity index (χ0n) is 16.8. The first-order valence-electron chi connectivity index (χ1n) is 10.3. The largest absolute Gasteiger partial charge is 0.355 e. The van der Waals surface area contributed by atoms with Gasteiger partial charge in [0.05, 0.1) is 10.6 Å². The highest BCUT2D eigenvalue weighted by Gasteiger charge is 2.23. The third-order valence-corrected chi connectivity index (χ3v) is 5.88. The topological polar surface area (TPSA) is 75.4 Å². The minimum atomic E-state index is -0.124. The van der Waals surface area contributed by atoms with Gasteiger partial charge >= 0.3 is 0 Å². The Balaban J connectivity index is 1.28. The second-order valence-electron chi connectivity index (χ2n) is 7.57. The van der Waals surface area contributed by atoms with E-state index in [2.05, 4.69) is 20.4 Å². The summed E-state index contributed by atoms with van der Waals surface area (Å²) in [5, 5.41) is 16.9. The molecule has 7 nitrogen and oxygen atoms in total. The summed E-state index contributed by atoms with van der Waals surface area (Å²) in [5.74, 6) is 1.47. The number of aromatic nitrogens is 4. The van der Waals surface area contributed by atoms with Crippen LogP contribution in [-0.4, -0.2) is 44.8 Å². The Morgan fingerprint density at radius 2 is 1.68 bits per heavy atom. The number of amides is 1. The van der Waals surface area contributed by atoms with E-state index < -0.39 is 0 Å². The minimum Gasteiger partial charge on any atom is -0.355 e. The first kappa shape index (κ1) is 19.5. The minimum absolute atomic E-state index is 0.110. The quantitative estimate of drug-likeness (QED) is 0.530. The molecule has 1 fully saturated rings. The summed E-state index contributed by atoms with van der Waals surface area (Å²) in [6.07, 6.45) is 1.67. The fourth-order valence-corrected chi connectivity index (χ4v) is 4.10. The van der Waals surface area contributed by atoms with Crippen molar-refractivity contribution < 1.29 is 4.79 Å². The normalized spacial score (nSPS) is 14.7. The van der Waals surface area contributed by atoms with Crippen molar-refractivity contribution in [1.82, 2.24) is 25.1 Å². The number of benzene rings is 2. The van der Waals surface area contributed by atoms with Crippen LogP contribution in [0, 0.1) is 0 Å². The van der Waals surface area contributed by atoms with E-state index in [4.69, 9.17) is 16.7 Å². The summed E-state index contributed by atoms with van der Waals surface area (Å²) < 4.78 is 1.79. The second-order valence-corrected chi connectivity index (χ2v) is 7.97. The predicted molar refractivity (Wildman–Crippen MR) is 120 cm³/mol. The SMILES string of the molecule is O=C(NC1CCN(c2ccc3nnc(-c4ccccc4)n3n2)CC1)c1ccccc1Cl. The van der Waals surface area contributed by atoms with Crippen LogP contribution in [0.3, 0.4) is 0 Å². The van der Waals surface area contributed by atoms with E-state index in [0.29, 0.717) is 16.2 Å². The Bertz CT molecular complexity index is 1220. The van der Waals surface area contributed by atoms with E-state index >= 15 is 0 Å². The average Bonchev–Trinajstić information content (AvgIpc) is 3.24. The first-order chi connectivity index (χ1) is 15.2. The number of piperidine rings is 1. The number of hydrogen-bond acceptors (Lipinski definition) is 5. The van der Waals surface area contributed by atoms with Gasteiger partial charge in [-0.15, -0.1) is 15.3 Å². The van der Waals surface area contributed by atoms with E-state index in [1.165, 1.54) is 0 Å². The van der Waals surface area contributed by atoms with Crippen LogP contribution >= 0.6 is 11.6 Å². The standard InChI is InChI=1S/C23H21ClN6O/c24-19-9-5-4-8-18(19)23(31)25-17-12-14-29(15-13-17)21-11-10-20-26-27-22(30(20)28-21)16-6-2-1-3-7-16/h1-11,17H,12-15H2,(H,25,31). The van der Waals surface area contributed by atoms with Gasteiger partial charge in [-0.25, -0.2) is 0 Å². The van der Waals surface area contributed by atoms with Crippen LogP contribution in [0.15, 0.2) is 66.7 Å². The number of rotatable bonds is 4. The number of nitrogens with zero attached hydrogens (tertiary/aromatic N) is 5. The van der Waals surface area contributed by atoms with Gasteiger partial charge in [-0.1, -0.05) is 54.1 Å². The van der Waals surface area contributed by atoms with Gasteiger partial charge in [-0.05, 0) is 37.1 Å². The third kappa shape index (κ3) is 3.96. The lowest BCUT2D eigenvalue weighted by atomic mass is 10.0. The van der Waals surface area contributed by atoms with Crippen LogP contribution in [0.5, 0.6) is 0 Å². The van der Waals surface area contributed by atoms with Gasteiger partial charge in [0.25, 0.3) is 5.91 Å². The van der Waals surface area contributed by atoms with Gasteiger partial charge in [-0.2, -0.15) is 4.52 Å². The van der Waals surface area contributed by atoms with E-state index in [0.717, 1.165) is 43.1 Å². The fourth-order valence-electron chi connectivity index (χ4n) is 3.88. The zero-order chi connectivity index (χ0) is 21.2. The number of halogens is 1. The van der Waals surface area contributed by atoms with Crippen molar-refractivity contribution >= 4 is 29.0 Å². The van der Waals surface area contributed by atoms with Crippen LogP contribution in [0.1, 0.15) is 23.2 Å². The van der Waals surface area contributed by atoms with Gasteiger partial charge in [0.1, 0.15) is 5.82 Å². The molecule has 1 saturated heterocycles. The molecule has 0 bridgehead atoms. The maximum atomic E-state index is 12.5. The van der Waals surface area contributed by atoms with E-state index in [1.54, 1.807) is 16.6 Å². The van der Waals surface area contributed by atoms with Gasteiger partial charge in [0, 0.05) is 24.7 Å². The Kier molecular flexibility index (Phi) is 5.26. The number of hydrogen-bond donors (Lipinski definition) is 1. The molecule has 5 rings (SSSR count). The smallest absolute Gasteiger partial charge is 0.253 e. The molecule has 4 aromatic rings. The maximum absolute atomic E-state index is 12.5. The molecule has 3 heterocycles. The maximum Gasteiger partial charge on any atom is 0.253 e. The average molecular weight is 433 g/mol. The molecule has 1 aliphatic rings. The Hall–Kier alpha value is -3.45. The molecule has 0 atom stereocenters. The van der Waals surface area contributed by atoms with Crippen LogP contribution < -0.4 is 10.2 Å². The van der Waals surface area contributed by atoms with Crippen molar-refractivity contribution in [3.63, 3.8) is 0 Å². The summed E-state index contributed by atoms with van der Waals surface area (Å²) >= 11 is 6.15. The molecule has 2 aromatic carbocycles. The molecule has 1 amide bonds. The van der Waals surface area contributed by atoms with Crippen LogP contribution in [0.4, 0.5) is 5.82 Å². The highest BCUT2D eigenvalue weighted by atomic mass is 35.5. The van der Waals surface area contributed by atoms with Crippen LogP contribution in [0.25, 0.3) is 17.0 Å². The molecular formula is C23H21ClN6O. The molecule has 0 radical (unpaired) electrons. The van der Waals surface area contributed by atoms with Crippen molar-refractivity contribution in [2.75, 3.05) is 18.0 Å². The molecule has 8 heteroatoms. The Morgan fingerprint density at radius 3 is 2.45 bits per heavy atom. The molecule has 156 valence electrons. The van der Waals surface area contributed by atoms with Crippen molar-refractivity contribution in [3.05, 3.63) is 77.3 Å². The second kappa shape index (κ2) is 8.35. The zero-order valence-corrected chi connectivity index (χ0v) is 17.5. The van der Waals surface area contributed by atoms with Crippen molar-refractivity contribution in [1.29, 1.82) is 0 Å². The lowest BCUT2D eigenvalue weighted by molar-refractivity contribution is 0.0931. The first-order valence-corrected chi connectivity index (χ1v) is 10.6. The summed E-state index contributed by atoms with van der Waals surface area (Å²) in [5.41, 5.74) is 2.20. The van der Waals surface area contributed by atoms with Gasteiger partial charge < -0.3 is 10.2 Å². The molecular weight excluding hydrogens is 412 g/mol. The van der Waals surface area contributed by atoms with Gasteiger partial charge in [0.15, 0.2) is 11.5 Å². The van der Waals surface area contributed by atoms with Crippen LogP contribution in [0.2, 0.25) is 5.02 Å². The molecule has 0 saturated carbocycles. The Labute approximate surface area is 184 Å².